The zero-order valence-electron chi connectivity index (χ0n) is 15.4. The lowest BCUT2D eigenvalue weighted by molar-refractivity contribution is -0.124. The summed E-state index contributed by atoms with van der Waals surface area (Å²) in [6.45, 7) is 6.08. The third-order valence-corrected chi connectivity index (χ3v) is 4.93. The van der Waals surface area contributed by atoms with Crippen molar-refractivity contribution in [2.75, 3.05) is 31.6 Å². The number of nitrogens with zero attached hydrogens (tertiary/aromatic N) is 1. The summed E-state index contributed by atoms with van der Waals surface area (Å²) < 4.78 is 10.9. The third-order valence-electron chi connectivity index (χ3n) is 4.93. The van der Waals surface area contributed by atoms with Gasteiger partial charge >= 0.3 is 0 Å². The third kappa shape index (κ3) is 4.23. The first-order valence-electron chi connectivity index (χ1n) is 9.10. The van der Waals surface area contributed by atoms with Crippen LogP contribution in [-0.2, 0) is 14.3 Å². The van der Waals surface area contributed by atoms with Gasteiger partial charge in [-0.2, -0.15) is 0 Å². The first-order chi connectivity index (χ1) is 12.4. The molecule has 2 atom stereocenters. The van der Waals surface area contributed by atoms with Crippen molar-refractivity contribution in [1.82, 2.24) is 4.90 Å². The summed E-state index contributed by atoms with van der Waals surface area (Å²) >= 11 is 0. The summed E-state index contributed by atoms with van der Waals surface area (Å²) in [4.78, 5) is 26.9. The van der Waals surface area contributed by atoms with E-state index in [0.29, 0.717) is 50.4 Å². The van der Waals surface area contributed by atoms with Crippen molar-refractivity contribution in [2.24, 2.45) is 5.73 Å². The monoisotopic (exact) mass is 361 g/mol. The van der Waals surface area contributed by atoms with Crippen LogP contribution in [0, 0.1) is 0 Å². The molecule has 2 amide bonds. The summed E-state index contributed by atoms with van der Waals surface area (Å²) in [6.07, 6.45) is 1.06. The Hall–Kier alpha value is -1.96. The highest BCUT2D eigenvalue weighted by molar-refractivity contribution is 5.99. The van der Waals surface area contributed by atoms with Crippen LogP contribution >= 0.6 is 0 Å². The Morgan fingerprint density at radius 3 is 2.27 bits per heavy atom. The molecule has 142 valence electrons. The maximum absolute atomic E-state index is 12.7. The molecular formula is C19H27N3O4. The molecule has 3 rings (SSSR count). The number of benzene rings is 1. The van der Waals surface area contributed by atoms with E-state index in [4.69, 9.17) is 15.2 Å². The molecule has 7 nitrogen and oxygen atoms in total. The summed E-state index contributed by atoms with van der Waals surface area (Å²) in [5.74, 6) is -0.236. The molecule has 2 fully saturated rings. The predicted octanol–water partition coefficient (Wildman–Crippen LogP) is 1.38. The topological polar surface area (TPSA) is 93.9 Å². The number of nitrogens with two attached hydrogens (primary N) is 1. The quantitative estimate of drug-likeness (QED) is 0.848. The second-order valence-electron chi connectivity index (χ2n) is 7.27. The lowest BCUT2D eigenvalue weighted by Gasteiger charge is -2.35. The first-order valence-corrected chi connectivity index (χ1v) is 9.10. The van der Waals surface area contributed by atoms with Crippen molar-refractivity contribution < 1.29 is 19.1 Å². The molecule has 2 aliphatic rings. The zero-order chi connectivity index (χ0) is 18.7. The maximum atomic E-state index is 12.7. The highest BCUT2D eigenvalue weighted by Crippen LogP contribution is 2.21. The minimum Gasteiger partial charge on any atom is -0.381 e. The van der Waals surface area contributed by atoms with E-state index in [-0.39, 0.29) is 24.0 Å². The molecule has 1 aromatic carbocycles. The standard InChI is InChI=1S/C19H27N3O4/c1-13-11-22(12-14(2)26-13)17(23)15-3-5-16(6-4-15)21-18(24)19(20)7-9-25-10-8-19/h3-6,13-14H,7-12,20H2,1-2H3,(H,21,24). The molecule has 7 heteroatoms. The largest absolute Gasteiger partial charge is 0.381 e. The molecule has 3 N–H and O–H groups in total. The van der Waals surface area contributed by atoms with Crippen LogP contribution in [0.3, 0.4) is 0 Å². The highest BCUT2D eigenvalue weighted by atomic mass is 16.5. The van der Waals surface area contributed by atoms with Gasteiger partial charge in [0.25, 0.3) is 5.91 Å². The Morgan fingerprint density at radius 2 is 1.69 bits per heavy atom. The average molecular weight is 361 g/mol. The second-order valence-corrected chi connectivity index (χ2v) is 7.27. The van der Waals surface area contributed by atoms with Gasteiger partial charge in [-0.25, -0.2) is 0 Å². The van der Waals surface area contributed by atoms with Gasteiger partial charge in [0, 0.05) is 37.6 Å². The Labute approximate surface area is 153 Å². The lowest BCUT2D eigenvalue weighted by Crippen LogP contribution is -2.54. The predicted molar refractivity (Wildman–Crippen MR) is 98.0 cm³/mol. The fourth-order valence-corrected chi connectivity index (χ4v) is 3.44. The lowest BCUT2D eigenvalue weighted by atomic mass is 9.90. The Bertz CT molecular complexity index is 645. The van der Waals surface area contributed by atoms with Gasteiger partial charge in [0.15, 0.2) is 0 Å². The molecule has 0 radical (unpaired) electrons. The van der Waals surface area contributed by atoms with Crippen LogP contribution in [0.5, 0.6) is 0 Å². The van der Waals surface area contributed by atoms with Crippen molar-refractivity contribution >= 4 is 17.5 Å². The van der Waals surface area contributed by atoms with Crippen LogP contribution in [0.4, 0.5) is 5.69 Å². The van der Waals surface area contributed by atoms with Crippen molar-refractivity contribution in [2.45, 2.75) is 44.4 Å². The van der Waals surface area contributed by atoms with E-state index in [9.17, 15) is 9.59 Å². The van der Waals surface area contributed by atoms with Crippen LogP contribution in [-0.4, -0.2) is 60.8 Å². The van der Waals surface area contributed by atoms with E-state index in [2.05, 4.69) is 5.32 Å². The maximum Gasteiger partial charge on any atom is 0.254 e. The van der Waals surface area contributed by atoms with Gasteiger partial charge in [-0.05, 0) is 51.0 Å². The molecule has 0 saturated carbocycles. The van der Waals surface area contributed by atoms with Crippen LogP contribution in [0.15, 0.2) is 24.3 Å². The molecule has 0 aliphatic carbocycles. The van der Waals surface area contributed by atoms with Crippen LogP contribution in [0.2, 0.25) is 0 Å². The van der Waals surface area contributed by atoms with Crippen molar-refractivity contribution in [1.29, 1.82) is 0 Å². The Balaban J connectivity index is 1.63. The minimum absolute atomic E-state index is 0.0235. The molecule has 2 unspecified atom stereocenters. The fraction of sp³-hybridized carbons (Fsp3) is 0.579. The average Bonchev–Trinajstić information content (AvgIpc) is 2.61. The number of nitrogens with one attached hydrogen (secondary N) is 1. The number of amides is 2. The Kier molecular flexibility index (Phi) is 5.60. The van der Waals surface area contributed by atoms with Crippen molar-refractivity contribution in [3.63, 3.8) is 0 Å². The van der Waals surface area contributed by atoms with Gasteiger partial charge in [-0.15, -0.1) is 0 Å². The van der Waals surface area contributed by atoms with Gasteiger partial charge in [-0.1, -0.05) is 0 Å². The smallest absolute Gasteiger partial charge is 0.254 e. The summed E-state index contributed by atoms with van der Waals surface area (Å²) in [6, 6.07) is 6.94. The van der Waals surface area contributed by atoms with Gasteiger partial charge < -0.3 is 25.4 Å². The number of carbonyl (C=O) groups excluding carboxylic acids is 2. The first kappa shape index (κ1) is 18.8. The van der Waals surface area contributed by atoms with E-state index in [1.807, 2.05) is 18.7 Å². The molecule has 2 aliphatic heterocycles. The zero-order valence-corrected chi connectivity index (χ0v) is 15.4. The van der Waals surface area contributed by atoms with Crippen LogP contribution < -0.4 is 11.1 Å². The van der Waals surface area contributed by atoms with Gasteiger partial charge in [0.05, 0.1) is 12.2 Å². The van der Waals surface area contributed by atoms with Gasteiger partial charge in [-0.3, -0.25) is 9.59 Å². The molecule has 26 heavy (non-hydrogen) atoms. The number of carbonyl (C=O) groups is 2. The van der Waals surface area contributed by atoms with E-state index in [1.54, 1.807) is 24.3 Å². The molecule has 2 saturated heterocycles. The summed E-state index contributed by atoms with van der Waals surface area (Å²) in [5.41, 5.74) is 6.52. The summed E-state index contributed by atoms with van der Waals surface area (Å²) in [7, 11) is 0. The molecular weight excluding hydrogens is 334 g/mol. The number of hydrogen-bond donors (Lipinski definition) is 2. The number of ether oxygens (including phenoxy) is 2. The molecule has 1 aromatic rings. The van der Waals surface area contributed by atoms with E-state index < -0.39 is 5.54 Å². The Morgan fingerprint density at radius 1 is 1.12 bits per heavy atom. The molecule has 0 spiro atoms. The summed E-state index contributed by atoms with van der Waals surface area (Å²) in [5, 5.41) is 2.85. The van der Waals surface area contributed by atoms with Crippen molar-refractivity contribution in [3.8, 4) is 0 Å². The van der Waals surface area contributed by atoms with Gasteiger partial charge in [0.2, 0.25) is 5.91 Å². The van der Waals surface area contributed by atoms with E-state index in [0.717, 1.165) is 0 Å². The molecule has 0 aromatic heterocycles. The molecule has 0 bridgehead atoms. The number of rotatable bonds is 3. The van der Waals surface area contributed by atoms with Gasteiger partial charge in [0.1, 0.15) is 5.54 Å². The fourth-order valence-electron chi connectivity index (χ4n) is 3.44. The SMILES string of the molecule is CC1CN(C(=O)c2ccc(NC(=O)C3(N)CCOCC3)cc2)CC(C)O1. The minimum atomic E-state index is -0.896. The van der Waals surface area contributed by atoms with Crippen molar-refractivity contribution in [3.05, 3.63) is 29.8 Å². The number of anilines is 1. The number of hydrogen-bond acceptors (Lipinski definition) is 5. The number of morpholine rings is 1. The highest BCUT2D eigenvalue weighted by Gasteiger charge is 2.36. The second kappa shape index (κ2) is 7.73. The van der Waals surface area contributed by atoms with Crippen LogP contribution in [0.25, 0.3) is 0 Å². The normalized spacial score (nSPS) is 25.6. The van der Waals surface area contributed by atoms with Crippen LogP contribution in [0.1, 0.15) is 37.0 Å². The van der Waals surface area contributed by atoms with E-state index >= 15 is 0 Å². The van der Waals surface area contributed by atoms with E-state index in [1.165, 1.54) is 0 Å². The molecule has 2 heterocycles.